The molecule has 0 saturated heterocycles. The molecule has 0 aliphatic heterocycles. The summed E-state index contributed by atoms with van der Waals surface area (Å²) >= 11 is 6.00. The second-order valence-corrected chi connectivity index (χ2v) is 5.71. The average Bonchev–Trinajstić information content (AvgIpc) is 2.55. The molecule has 0 saturated carbocycles. The Balaban J connectivity index is 1.90. The molecule has 0 heterocycles. The normalized spacial score (nSPS) is 11.9. The van der Waals surface area contributed by atoms with Crippen molar-refractivity contribution in [1.29, 1.82) is 0 Å². The smallest absolute Gasteiger partial charge is 0.279 e. The molecule has 0 unspecified atom stereocenters. The number of nitrogens with one attached hydrogen (secondary N) is 1. The Morgan fingerprint density at radius 2 is 2.00 bits per heavy atom. The number of nitrogens with two attached hydrogens (primary N) is 1. The Morgan fingerprint density at radius 1 is 1.25 bits per heavy atom. The zero-order valence-corrected chi connectivity index (χ0v) is 14.0. The molecule has 0 aliphatic rings. The minimum absolute atomic E-state index is 0.129. The van der Waals surface area contributed by atoms with Crippen LogP contribution in [0.5, 0.6) is 5.75 Å². The average molecular weight is 356 g/mol. The molecular formula is C17H18ClF2N2O2+. The summed E-state index contributed by atoms with van der Waals surface area (Å²) in [5.74, 6) is -1.50. The fourth-order valence-electron chi connectivity index (χ4n) is 2.17. The highest BCUT2D eigenvalue weighted by Gasteiger charge is 2.14. The van der Waals surface area contributed by atoms with Gasteiger partial charge in [0.05, 0.1) is 12.1 Å². The van der Waals surface area contributed by atoms with E-state index < -0.39 is 11.6 Å². The molecule has 2 aromatic carbocycles. The minimum atomic E-state index is -0.898. The number of rotatable bonds is 6. The van der Waals surface area contributed by atoms with Crippen LogP contribution in [-0.4, -0.2) is 19.6 Å². The predicted molar refractivity (Wildman–Crippen MR) is 88.2 cm³/mol. The molecule has 1 atom stereocenters. The maximum Gasteiger partial charge on any atom is 0.279 e. The van der Waals surface area contributed by atoms with Crippen molar-refractivity contribution in [3.63, 3.8) is 0 Å². The molecule has 1 amide bonds. The molecule has 2 aromatic rings. The van der Waals surface area contributed by atoms with E-state index in [1.54, 1.807) is 23.5 Å². The number of quaternary nitrogens is 1. The lowest BCUT2D eigenvalue weighted by Crippen LogP contribution is -2.86. The molecule has 0 aromatic heterocycles. The molecule has 0 radical (unpaired) electrons. The summed E-state index contributed by atoms with van der Waals surface area (Å²) in [6.07, 6.45) is 0. The summed E-state index contributed by atoms with van der Waals surface area (Å²) < 4.78 is 31.2. The molecule has 3 N–H and O–H groups in total. The van der Waals surface area contributed by atoms with Crippen molar-refractivity contribution in [3.05, 3.63) is 58.6 Å². The van der Waals surface area contributed by atoms with E-state index in [2.05, 4.69) is 5.32 Å². The van der Waals surface area contributed by atoms with Gasteiger partial charge in [-0.1, -0.05) is 11.6 Å². The predicted octanol–water partition coefficient (Wildman–Crippen LogP) is 2.89. The maximum atomic E-state index is 13.2. The summed E-state index contributed by atoms with van der Waals surface area (Å²) in [7, 11) is 1.51. The van der Waals surface area contributed by atoms with Crippen LogP contribution in [0.3, 0.4) is 0 Å². The van der Waals surface area contributed by atoms with Gasteiger partial charge in [-0.25, -0.2) is 8.78 Å². The van der Waals surface area contributed by atoms with E-state index in [-0.39, 0.29) is 18.5 Å². The lowest BCUT2D eigenvalue weighted by atomic mass is 10.1. The van der Waals surface area contributed by atoms with E-state index in [0.29, 0.717) is 22.0 Å². The summed E-state index contributed by atoms with van der Waals surface area (Å²) in [6.45, 7) is 1.94. The van der Waals surface area contributed by atoms with Gasteiger partial charge < -0.3 is 15.4 Å². The van der Waals surface area contributed by atoms with Crippen LogP contribution >= 0.6 is 11.6 Å². The van der Waals surface area contributed by atoms with Crippen LogP contribution in [0.15, 0.2) is 36.4 Å². The van der Waals surface area contributed by atoms with Crippen molar-refractivity contribution in [2.45, 2.75) is 13.0 Å². The van der Waals surface area contributed by atoms with E-state index in [9.17, 15) is 13.6 Å². The summed E-state index contributed by atoms with van der Waals surface area (Å²) in [5, 5.41) is 4.84. The van der Waals surface area contributed by atoms with Crippen LogP contribution in [0.4, 0.5) is 14.5 Å². The van der Waals surface area contributed by atoms with Crippen LogP contribution in [0.25, 0.3) is 0 Å². The maximum absolute atomic E-state index is 13.2. The summed E-state index contributed by atoms with van der Waals surface area (Å²) in [6, 6.07) is 8.46. The van der Waals surface area contributed by atoms with Crippen molar-refractivity contribution in [2.75, 3.05) is 19.0 Å². The van der Waals surface area contributed by atoms with Crippen LogP contribution in [0.2, 0.25) is 5.02 Å². The molecule has 4 nitrogen and oxygen atoms in total. The van der Waals surface area contributed by atoms with Gasteiger partial charge in [0.15, 0.2) is 18.2 Å². The highest BCUT2D eigenvalue weighted by Crippen LogP contribution is 2.27. The van der Waals surface area contributed by atoms with Crippen molar-refractivity contribution >= 4 is 23.2 Å². The van der Waals surface area contributed by atoms with E-state index in [1.165, 1.54) is 13.2 Å². The lowest BCUT2D eigenvalue weighted by Gasteiger charge is -2.12. The van der Waals surface area contributed by atoms with E-state index in [4.69, 9.17) is 16.3 Å². The van der Waals surface area contributed by atoms with E-state index in [0.717, 1.165) is 12.1 Å². The van der Waals surface area contributed by atoms with Gasteiger partial charge in [-0.05, 0) is 43.3 Å². The first-order chi connectivity index (χ1) is 11.4. The first kappa shape index (κ1) is 18.2. The fraction of sp³-hybridized carbons (Fsp3) is 0.235. The molecule has 0 spiro atoms. The third kappa shape index (κ3) is 4.66. The quantitative estimate of drug-likeness (QED) is 0.837. The first-order valence-corrected chi connectivity index (χ1v) is 7.70. The largest absolute Gasteiger partial charge is 0.495 e. The fourth-order valence-corrected chi connectivity index (χ4v) is 2.43. The van der Waals surface area contributed by atoms with Crippen LogP contribution < -0.4 is 15.4 Å². The van der Waals surface area contributed by atoms with Gasteiger partial charge in [0.2, 0.25) is 0 Å². The van der Waals surface area contributed by atoms with Gasteiger partial charge >= 0.3 is 0 Å². The van der Waals surface area contributed by atoms with Crippen molar-refractivity contribution in [2.24, 2.45) is 0 Å². The number of carbonyl (C=O) groups excluding carboxylic acids is 1. The number of hydrogen-bond acceptors (Lipinski definition) is 2. The second-order valence-electron chi connectivity index (χ2n) is 5.30. The van der Waals surface area contributed by atoms with Gasteiger partial charge in [-0.15, -0.1) is 0 Å². The second kappa shape index (κ2) is 8.08. The van der Waals surface area contributed by atoms with Gasteiger partial charge in [-0.3, -0.25) is 4.79 Å². The van der Waals surface area contributed by atoms with Gasteiger partial charge in [-0.2, -0.15) is 0 Å². The summed E-state index contributed by atoms with van der Waals surface area (Å²) in [5.41, 5.74) is 1.16. The zero-order chi connectivity index (χ0) is 17.7. The Hall–Kier alpha value is -2.18. The Labute approximate surface area is 143 Å². The number of methoxy groups -OCH3 is 1. The first-order valence-electron chi connectivity index (χ1n) is 7.32. The molecule has 24 heavy (non-hydrogen) atoms. The number of ether oxygens (including phenoxy) is 1. The lowest BCUT2D eigenvalue weighted by molar-refractivity contribution is -0.682. The number of hydrogen-bond donors (Lipinski definition) is 2. The molecule has 128 valence electrons. The molecule has 0 fully saturated rings. The van der Waals surface area contributed by atoms with Crippen molar-refractivity contribution in [1.82, 2.24) is 0 Å². The van der Waals surface area contributed by atoms with Gasteiger partial charge in [0.1, 0.15) is 11.8 Å². The Morgan fingerprint density at radius 3 is 2.62 bits per heavy atom. The number of anilines is 1. The third-order valence-corrected chi connectivity index (χ3v) is 3.86. The molecule has 7 heteroatoms. The van der Waals surface area contributed by atoms with Crippen LogP contribution in [-0.2, 0) is 4.79 Å². The highest BCUT2D eigenvalue weighted by atomic mass is 35.5. The van der Waals surface area contributed by atoms with E-state index >= 15 is 0 Å². The van der Waals surface area contributed by atoms with Gasteiger partial charge in [0, 0.05) is 11.3 Å². The topological polar surface area (TPSA) is 54.9 Å². The van der Waals surface area contributed by atoms with E-state index in [1.807, 2.05) is 6.92 Å². The molecule has 2 rings (SSSR count). The SMILES string of the molecule is COc1ccc(NC(=O)C[NH2+][C@H](C)c2ccc(F)c(F)c2)cc1Cl. The Bertz CT molecular complexity index is 741. The number of benzene rings is 2. The minimum Gasteiger partial charge on any atom is -0.495 e. The number of amides is 1. The van der Waals surface area contributed by atoms with Crippen molar-refractivity contribution in [3.8, 4) is 5.75 Å². The monoisotopic (exact) mass is 355 g/mol. The molecule has 0 aliphatic carbocycles. The standard InChI is InChI=1S/C17H17ClF2N2O2/c1-10(11-3-5-14(19)15(20)7-11)21-9-17(23)22-12-4-6-16(24-2)13(18)8-12/h3-8,10,21H,9H2,1-2H3,(H,22,23)/p+1/t10-/m1/s1. The number of carbonyl (C=O) groups is 1. The third-order valence-electron chi connectivity index (χ3n) is 3.56. The van der Waals surface area contributed by atoms with Crippen LogP contribution in [0.1, 0.15) is 18.5 Å². The number of halogens is 3. The Kier molecular flexibility index (Phi) is 6.11. The summed E-state index contributed by atoms with van der Waals surface area (Å²) in [4.78, 5) is 12.0. The molecular weight excluding hydrogens is 338 g/mol. The zero-order valence-electron chi connectivity index (χ0n) is 13.3. The molecule has 0 bridgehead atoms. The van der Waals surface area contributed by atoms with Gasteiger partial charge in [0.25, 0.3) is 5.91 Å². The van der Waals surface area contributed by atoms with Crippen molar-refractivity contribution < 1.29 is 23.6 Å². The van der Waals surface area contributed by atoms with Crippen LogP contribution in [0, 0.1) is 11.6 Å². The highest BCUT2D eigenvalue weighted by molar-refractivity contribution is 6.32.